The van der Waals surface area contributed by atoms with Crippen LogP contribution < -0.4 is 16.4 Å². The molecule has 154 valence electrons. The SMILES string of the molecule is C=S(CC)c1cc2c3c(c1)-n1ncc4cc(C)c(C)c(c41)B3c1cc3ccccc3cc1-2. The van der Waals surface area contributed by atoms with E-state index in [1.165, 1.54) is 70.9 Å². The molecule has 0 aliphatic carbocycles. The predicted molar refractivity (Wildman–Crippen MR) is 142 cm³/mol. The van der Waals surface area contributed by atoms with E-state index < -0.39 is 0 Å². The van der Waals surface area contributed by atoms with Gasteiger partial charge in [-0.3, -0.25) is 0 Å². The third-order valence-electron chi connectivity index (χ3n) is 7.56. The fraction of sp³-hybridized carbons (Fsp3) is 0.143. The predicted octanol–water partition coefficient (Wildman–Crippen LogP) is 4.69. The van der Waals surface area contributed by atoms with Crippen molar-refractivity contribution in [3.8, 4) is 16.8 Å². The zero-order valence-corrected chi connectivity index (χ0v) is 19.4. The maximum Gasteiger partial charge on any atom is 0.248 e. The second-order valence-corrected chi connectivity index (χ2v) is 11.2. The highest BCUT2D eigenvalue weighted by Gasteiger charge is 2.42. The molecule has 2 aliphatic heterocycles. The molecule has 0 radical (unpaired) electrons. The van der Waals surface area contributed by atoms with Crippen molar-refractivity contribution < 1.29 is 0 Å². The Morgan fingerprint density at radius 2 is 1.72 bits per heavy atom. The van der Waals surface area contributed by atoms with Crippen LogP contribution in [0.25, 0.3) is 38.5 Å². The summed E-state index contributed by atoms with van der Waals surface area (Å²) in [7, 11) is -0.0300. The van der Waals surface area contributed by atoms with Crippen LogP contribution in [0.1, 0.15) is 18.1 Å². The van der Waals surface area contributed by atoms with Gasteiger partial charge in [0.1, 0.15) is 0 Å². The fourth-order valence-corrected chi connectivity index (χ4v) is 6.73. The van der Waals surface area contributed by atoms with Crippen molar-refractivity contribution >= 4 is 61.1 Å². The maximum absolute atomic E-state index is 4.90. The fourth-order valence-electron chi connectivity index (χ4n) is 5.84. The maximum atomic E-state index is 4.90. The molecule has 3 heterocycles. The summed E-state index contributed by atoms with van der Waals surface area (Å²) in [6.45, 7) is 7.00. The summed E-state index contributed by atoms with van der Waals surface area (Å²) < 4.78 is 2.20. The van der Waals surface area contributed by atoms with Crippen molar-refractivity contribution in [3.05, 3.63) is 71.9 Å². The van der Waals surface area contributed by atoms with Crippen molar-refractivity contribution in [2.75, 3.05) is 5.75 Å². The Morgan fingerprint density at radius 3 is 2.50 bits per heavy atom. The van der Waals surface area contributed by atoms with Crippen molar-refractivity contribution in [1.29, 1.82) is 0 Å². The van der Waals surface area contributed by atoms with Gasteiger partial charge in [0.05, 0.1) is 17.4 Å². The van der Waals surface area contributed by atoms with Crippen LogP contribution in [0.3, 0.4) is 0 Å². The Hall–Kier alpha value is -3.11. The number of hydrogen-bond acceptors (Lipinski definition) is 1. The molecule has 4 aromatic carbocycles. The van der Waals surface area contributed by atoms with Crippen LogP contribution in [-0.2, 0) is 0 Å². The number of benzene rings is 4. The second-order valence-electron chi connectivity index (χ2n) is 9.13. The normalized spacial score (nSPS) is 14.2. The van der Waals surface area contributed by atoms with Crippen LogP contribution in [0.5, 0.6) is 0 Å². The molecule has 0 N–H and O–H groups in total. The minimum absolute atomic E-state index is 0.0300. The van der Waals surface area contributed by atoms with E-state index in [9.17, 15) is 0 Å². The number of rotatable bonds is 2. The largest absolute Gasteiger partial charge is 0.248 e. The number of hydrogen-bond donors (Lipinski definition) is 0. The van der Waals surface area contributed by atoms with Crippen LogP contribution in [-0.4, -0.2) is 28.1 Å². The van der Waals surface area contributed by atoms with Gasteiger partial charge in [-0.2, -0.15) is 15.6 Å². The molecular weight excluding hydrogens is 407 g/mol. The van der Waals surface area contributed by atoms with Gasteiger partial charge in [0, 0.05) is 10.3 Å². The van der Waals surface area contributed by atoms with Crippen molar-refractivity contribution in [3.63, 3.8) is 0 Å². The lowest BCUT2D eigenvalue weighted by atomic mass is 9.36. The van der Waals surface area contributed by atoms with Gasteiger partial charge in [0.25, 0.3) is 0 Å². The molecule has 1 aromatic heterocycles. The first kappa shape index (κ1) is 18.5. The van der Waals surface area contributed by atoms with Gasteiger partial charge in [0.15, 0.2) is 0 Å². The molecule has 0 amide bonds. The molecule has 1 atom stereocenters. The molecule has 32 heavy (non-hydrogen) atoms. The first-order valence-corrected chi connectivity index (χ1v) is 12.8. The standard InChI is InChI=1S/C28H23BN2S/c1-5-32(4)21-13-23-22-11-18-8-6-7-9-19(18)12-24(22)29-26-17(3)16(2)10-20-15-30-31(28(20)26)25(14-21)27(23)29/h6-15H,4-5H2,1-3H3. The lowest BCUT2D eigenvalue weighted by molar-refractivity contribution is 0.911. The van der Waals surface area contributed by atoms with Gasteiger partial charge in [-0.25, -0.2) is 4.68 Å². The van der Waals surface area contributed by atoms with E-state index >= 15 is 0 Å². The third-order valence-corrected chi connectivity index (χ3v) is 9.16. The minimum atomic E-state index is -0.0300. The van der Waals surface area contributed by atoms with Gasteiger partial charge >= 0.3 is 0 Å². The Kier molecular flexibility index (Phi) is 3.60. The first-order valence-electron chi connectivity index (χ1n) is 11.3. The zero-order valence-electron chi connectivity index (χ0n) is 18.6. The summed E-state index contributed by atoms with van der Waals surface area (Å²) in [6, 6.07) is 20.7. The first-order chi connectivity index (χ1) is 15.6. The summed E-state index contributed by atoms with van der Waals surface area (Å²) >= 11 is 0. The van der Waals surface area contributed by atoms with Crippen LogP contribution in [0, 0.1) is 13.8 Å². The highest BCUT2D eigenvalue weighted by Crippen LogP contribution is 2.38. The lowest BCUT2D eigenvalue weighted by Crippen LogP contribution is -2.54. The average molecular weight is 430 g/mol. The van der Waals surface area contributed by atoms with Crippen LogP contribution in [0.2, 0.25) is 0 Å². The van der Waals surface area contributed by atoms with Gasteiger partial charge < -0.3 is 0 Å². The molecular formula is C28H23BN2S. The molecule has 5 aromatic rings. The average Bonchev–Trinajstić information content (AvgIpc) is 3.37. The van der Waals surface area contributed by atoms with E-state index in [1.54, 1.807) is 0 Å². The molecule has 4 heteroatoms. The van der Waals surface area contributed by atoms with E-state index in [0.717, 1.165) is 5.75 Å². The Bertz CT molecular complexity index is 1660. The molecule has 1 unspecified atom stereocenters. The smallest absolute Gasteiger partial charge is 0.234 e. The lowest BCUT2D eigenvalue weighted by Gasteiger charge is -2.26. The highest BCUT2D eigenvalue weighted by molar-refractivity contribution is 8.14. The molecule has 0 spiro atoms. The quantitative estimate of drug-likeness (QED) is 0.288. The van der Waals surface area contributed by atoms with E-state index in [2.05, 4.69) is 85.9 Å². The summed E-state index contributed by atoms with van der Waals surface area (Å²) in [5.41, 5.74) is 12.3. The molecule has 0 saturated heterocycles. The van der Waals surface area contributed by atoms with E-state index in [0.29, 0.717) is 0 Å². The number of nitrogens with zero attached hydrogens (tertiary/aromatic N) is 2. The molecule has 2 nitrogen and oxygen atoms in total. The number of aromatic nitrogens is 2. The van der Waals surface area contributed by atoms with E-state index in [1.807, 2.05) is 6.20 Å². The van der Waals surface area contributed by atoms with Crippen molar-refractivity contribution in [2.24, 2.45) is 0 Å². The summed E-state index contributed by atoms with van der Waals surface area (Å²) in [5.74, 6) is 5.53. The van der Waals surface area contributed by atoms with E-state index in [4.69, 9.17) is 5.10 Å². The van der Waals surface area contributed by atoms with Crippen molar-refractivity contribution in [1.82, 2.24) is 9.78 Å². The monoisotopic (exact) mass is 430 g/mol. The minimum Gasteiger partial charge on any atom is -0.234 e. The third kappa shape index (κ3) is 2.18. The second kappa shape index (κ2) is 6.23. The Balaban J connectivity index is 1.69. The summed E-state index contributed by atoms with van der Waals surface area (Å²) in [6.07, 6.45) is 2.04. The summed E-state index contributed by atoms with van der Waals surface area (Å²) in [4.78, 5) is 1.33. The van der Waals surface area contributed by atoms with Gasteiger partial charge in [0.2, 0.25) is 6.71 Å². The number of aryl methyl sites for hydroxylation is 1. The van der Waals surface area contributed by atoms with E-state index in [-0.39, 0.29) is 17.2 Å². The van der Waals surface area contributed by atoms with Crippen molar-refractivity contribution in [2.45, 2.75) is 25.7 Å². The molecule has 0 saturated carbocycles. The Labute approximate surface area is 190 Å². The molecule has 2 aliphatic rings. The molecule has 7 rings (SSSR count). The Morgan fingerprint density at radius 1 is 0.938 bits per heavy atom. The molecule has 0 fully saturated rings. The molecule has 0 bridgehead atoms. The zero-order chi connectivity index (χ0) is 21.7. The van der Waals surface area contributed by atoms with Crippen LogP contribution in [0.4, 0.5) is 0 Å². The topological polar surface area (TPSA) is 17.8 Å². The van der Waals surface area contributed by atoms with Gasteiger partial charge in [-0.15, -0.1) is 0 Å². The van der Waals surface area contributed by atoms with Gasteiger partial charge in [-0.05, 0) is 82.3 Å². The van der Waals surface area contributed by atoms with Gasteiger partial charge in [-0.1, -0.05) is 54.2 Å². The summed E-state index contributed by atoms with van der Waals surface area (Å²) in [5, 5.41) is 8.75. The van der Waals surface area contributed by atoms with Crippen LogP contribution in [0.15, 0.2) is 65.7 Å². The highest BCUT2D eigenvalue weighted by atomic mass is 32.2. The number of fused-ring (bicyclic) bond motifs is 6. The van der Waals surface area contributed by atoms with Crippen LogP contribution >= 0.6 is 10.5 Å².